The molecule has 1 aliphatic rings. The number of halogens is 2. The summed E-state index contributed by atoms with van der Waals surface area (Å²) in [6.45, 7) is 0.624. The van der Waals surface area contributed by atoms with Crippen LogP contribution in [-0.2, 0) is 4.79 Å². The molecule has 1 aromatic rings. The Labute approximate surface area is 104 Å². The van der Waals surface area contributed by atoms with Crippen molar-refractivity contribution in [2.24, 2.45) is 0 Å². The number of hydrogen-bond acceptors (Lipinski definition) is 2. The van der Waals surface area contributed by atoms with E-state index in [0.29, 0.717) is 24.0 Å². The Morgan fingerprint density at radius 1 is 1.47 bits per heavy atom. The highest BCUT2D eigenvalue weighted by molar-refractivity contribution is 6.30. The molecule has 0 spiro atoms. The average Bonchev–Trinajstić information content (AvgIpc) is 3.07. The fourth-order valence-corrected chi connectivity index (χ4v) is 1.66. The largest absolute Gasteiger partial charge is 0.324 e. The van der Waals surface area contributed by atoms with Gasteiger partial charge in [0, 0.05) is 24.0 Å². The molecule has 17 heavy (non-hydrogen) atoms. The number of anilines is 1. The SMILES string of the molecule is O=C(CCNC1CC1)Nc1cc(Cl)ccc1F. The molecule has 0 radical (unpaired) electrons. The van der Waals surface area contributed by atoms with Crippen molar-refractivity contribution in [1.29, 1.82) is 0 Å². The molecule has 5 heteroatoms. The van der Waals surface area contributed by atoms with Gasteiger partial charge in [-0.05, 0) is 31.0 Å². The molecule has 92 valence electrons. The number of carbonyl (C=O) groups excluding carboxylic acids is 1. The summed E-state index contributed by atoms with van der Waals surface area (Å²) in [5, 5.41) is 6.13. The van der Waals surface area contributed by atoms with E-state index < -0.39 is 5.82 Å². The van der Waals surface area contributed by atoms with Crippen molar-refractivity contribution >= 4 is 23.2 Å². The fraction of sp³-hybridized carbons (Fsp3) is 0.417. The zero-order valence-corrected chi connectivity index (χ0v) is 10.1. The highest BCUT2D eigenvalue weighted by atomic mass is 35.5. The first kappa shape index (κ1) is 12.3. The lowest BCUT2D eigenvalue weighted by atomic mass is 10.3. The van der Waals surface area contributed by atoms with E-state index in [1.807, 2.05) is 0 Å². The van der Waals surface area contributed by atoms with Crippen LogP contribution < -0.4 is 10.6 Å². The summed E-state index contributed by atoms with van der Waals surface area (Å²) in [6, 6.07) is 4.66. The Morgan fingerprint density at radius 2 is 2.24 bits per heavy atom. The summed E-state index contributed by atoms with van der Waals surface area (Å²) < 4.78 is 13.3. The van der Waals surface area contributed by atoms with Crippen molar-refractivity contribution in [2.75, 3.05) is 11.9 Å². The topological polar surface area (TPSA) is 41.1 Å². The molecule has 2 rings (SSSR count). The summed E-state index contributed by atoms with van der Waals surface area (Å²) in [4.78, 5) is 11.5. The highest BCUT2D eigenvalue weighted by Crippen LogP contribution is 2.20. The molecule has 0 atom stereocenters. The first-order valence-electron chi connectivity index (χ1n) is 5.63. The summed E-state index contributed by atoms with van der Waals surface area (Å²) in [6.07, 6.45) is 2.71. The highest BCUT2D eigenvalue weighted by Gasteiger charge is 2.20. The number of rotatable bonds is 5. The van der Waals surface area contributed by atoms with Gasteiger partial charge in [-0.3, -0.25) is 4.79 Å². The van der Waals surface area contributed by atoms with Crippen molar-refractivity contribution in [3.63, 3.8) is 0 Å². The normalized spacial score (nSPS) is 14.7. The Bertz CT molecular complexity index is 421. The lowest BCUT2D eigenvalue weighted by molar-refractivity contribution is -0.116. The van der Waals surface area contributed by atoms with Gasteiger partial charge in [0.05, 0.1) is 5.69 Å². The van der Waals surface area contributed by atoms with Crippen LogP contribution in [0.2, 0.25) is 5.02 Å². The lowest BCUT2D eigenvalue weighted by Gasteiger charge is -2.07. The third-order valence-corrected chi connectivity index (χ3v) is 2.80. The molecule has 1 saturated carbocycles. The predicted molar refractivity (Wildman–Crippen MR) is 65.7 cm³/mol. The number of hydrogen-bond donors (Lipinski definition) is 2. The van der Waals surface area contributed by atoms with Crippen molar-refractivity contribution in [2.45, 2.75) is 25.3 Å². The minimum absolute atomic E-state index is 0.133. The zero-order valence-electron chi connectivity index (χ0n) is 9.30. The number of amides is 1. The van der Waals surface area contributed by atoms with E-state index in [-0.39, 0.29) is 11.6 Å². The van der Waals surface area contributed by atoms with E-state index in [0.717, 1.165) is 0 Å². The zero-order chi connectivity index (χ0) is 12.3. The van der Waals surface area contributed by atoms with Gasteiger partial charge in [-0.15, -0.1) is 0 Å². The van der Waals surface area contributed by atoms with Crippen molar-refractivity contribution in [1.82, 2.24) is 5.32 Å². The molecule has 0 saturated heterocycles. The summed E-state index contributed by atoms with van der Waals surface area (Å²) >= 11 is 5.72. The molecule has 1 aromatic carbocycles. The molecule has 0 unspecified atom stereocenters. The Hall–Kier alpha value is -1.13. The Balaban J connectivity index is 1.81. The molecule has 0 aliphatic heterocycles. The second kappa shape index (κ2) is 5.47. The van der Waals surface area contributed by atoms with Gasteiger partial charge in [-0.2, -0.15) is 0 Å². The third-order valence-electron chi connectivity index (χ3n) is 2.56. The average molecular weight is 257 g/mol. The summed E-state index contributed by atoms with van der Waals surface area (Å²) in [5.74, 6) is -0.683. The van der Waals surface area contributed by atoms with Crippen LogP contribution in [0.15, 0.2) is 18.2 Å². The first-order chi connectivity index (χ1) is 8.15. The Kier molecular flexibility index (Phi) is 3.97. The van der Waals surface area contributed by atoms with Gasteiger partial charge in [0.15, 0.2) is 0 Å². The molecular formula is C12H14ClFN2O. The molecule has 0 aromatic heterocycles. The first-order valence-corrected chi connectivity index (χ1v) is 6.01. The fourth-order valence-electron chi connectivity index (χ4n) is 1.48. The van der Waals surface area contributed by atoms with Crippen LogP contribution in [0.25, 0.3) is 0 Å². The molecule has 2 N–H and O–H groups in total. The van der Waals surface area contributed by atoms with E-state index in [1.54, 1.807) is 0 Å². The van der Waals surface area contributed by atoms with Crippen LogP contribution in [0.3, 0.4) is 0 Å². The summed E-state index contributed by atoms with van der Waals surface area (Å²) in [5.41, 5.74) is 0.133. The van der Waals surface area contributed by atoms with E-state index in [9.17, 15) is 9.18 Å². The van der Waals surface area contributed by atoms with E-state index in [4.69, 9.17) is 11.6 Å². The van der Waals surface area contributed by atoms with Gasteiger partial charge in [0.2, 0.25) is 5.91 Å². The van der Waals surface area contributed by atoms with E-state index in [1.165, 1.54) is 31.0 Å². The maximum absolute atomic E-state index is 13.3. The molecular weight excluding hydrogens is 243 g/mol. The second-order valence-electron chi connectivity index (χ2n) is 4.15. The lowest BCUT2D eigenvalue weighted by Crippen LogP contribution is -2.23. The smallest absolute Gasteiger partial charge is 0.225 e. The number of carbonyl (C=O) groups is 1. The minimum Gasteiger partial charge on any atom is -0.324 e. The molecule has 1 aliphatic carbocycles. The quantitative estimate of drug-likeness (QED) is 0.850. The third kappa shape index (κ3) is 3.98. The van der Waals surface area contributed by atoms with E-state index >= 15 is 0 Å². The van der Waals surface area contributed by atoms with Crippen LogP contribution in [0.5, 0.6) is 0 Å². The molecule has 3 nitrogen and oxygen atoms in total. The van der Waals surface area contributed by atoms with Gasteiger partial charge >= 0.3 is 0 Å². The molecule has 1 fully saturated rings. The van der Waals surface area contributed by atoms with Crippen molar-refractivity contribution in [3.8, 4) is 0 Å². The van der Waals surface area contributed by atoms with Crippen molar-refractivity contribution < 1.29 is 9.18 Å². The maximum atomic E-state index is 13.3. The van der Waals surface area contributed by atoms with Crippen LogP contribution in [0.4, 0.5) is 10.1 Å². The summed E-state index contributed by atoms with van der Waals surface area (Å²) in [7, 11) is 0. The monoisotopic (exact) mass is 256 g/mol. The van der Waals surface area contributed by atoms with E-state index in [2.05, 4.69) is 10.6 Å². The van der Waals surface area contributed by atoms with Crippen LogP contribution in [0.1, 0.15) is 19.3 Å². The molecule has 0 heterocycles. The second-order valence-corrected chi connectivity index (χ2v) is 4.59. The van der Waals surface area contributed by atoms with Gasteiger partial charge in [0.25, 0.3) is 0 Å². The number of benzene rings is 1. The van der Waals surface area contributed by atoms with Gasteiger partial charge < -0.3 is 10.6 Å². The molecule has 0 bridgehead atoms. The van der Waals surface area contributed by atoms with Gasteiger partial charge in [-0.1, -0.05) is 11.6 Å². The molecule has 1 amide bonds. The number of nitrogens with one attached hydrogen (secondary N) is 2. The van der Waals surface area contributed by atoms with Crippen LogP contribution in [0, 0.1) is 5.82 Å². The standard InChI is InChI=1S/C12H14ClFN2O/c13-8-1-4-10(14)11(7-8)16-12(17)5-6-15-9-2-3-9/h1,4,7,9,15H,2-3,5-6H2,(H,16,17). The van der Waals surface area contributed by atoms with Crippen molar-refractivity contribution in [3.05, 3.63) is 29.0 Å². The Morgan fingerprint density at radius 3 is 2.94 bits per heavy atom. The van der Waals surface area contributed by atoms with Gasteiger partial charge in [0.1, 0.15) is 5.82 Å². The minimum atomic E-state index is -0.474. The van der Waals surface area contributed by atoms with Crippen LogP contribution in [-0.4, -0.2) is 18.5 Å². The van der Waals surface area contributed by atoms with Crippen LogP contribution >= 0.6 is 11.6 Å². The van der Waals surface area contributed by atoms with Gasteiger partial charge in [-0.25, -0.2) is 4.39 Å². The maximum Gasteiger partial charge on any atom is 0.225 e. The predicted octanol–water partition coefficient (Wildman–Crippen LogP) is 2.56.